The van der Waals surface area contributed by atoms with Crippen LogP contribution in [0, 0.1) is 6.92 Å². The molecule has 4 rings (SSSR count). The minimum atomic E-state index is -0.677. The lowest BCUT2D eigenvalue weighted by Gasteiger charge is -2.37. The minimum Gasteiger partial charge on any atom is -0.441 e. The van der Waals surface area contributed by atoms with Crippen molar-refractivity contribution in [1.82, 2.24) is 20.1 Å². The van der Waals surface area contributed by atoms with E-state index >= 15 is 0 Å². The van der Waals surface area contributed by atoms with E-state index in [4.69, 9.17) is 4.42 Å². The maximum Gasteiger partial charge on any atom is 0.313 e. The van der Waals surface area contributed by atoms with Gasteiger partial charge < -0.3 is 19.5 Å². The van der Waals surface area contributed by atoms with Gasteiger partial charge in [0.05, 0.1) is 0 Å². The van der Waals surface area contributed by atoms with Crippen LogP contribution in [0.15, 0.2) is 40.9 Å². The summed E-state index contributed by atoms with van der Waals surface area (Å²) in [7, 11) is 1.66. The first kappa shape index (κ1) is 18.9. The van der Waals surface area contributed by atoms with E-state index < -0.39 is 11.8 Å². The van der Waals surface area contributed by atoms with Crippen molar-refractivity contribution in [1.29, 1.82) is 0 Å². The van der Waals surface area contributed by atoms with Crippen molar-refractivity contribution in [2.45, 2.75) is 25.8 Å². The van der Waals surface area contributed by atoms with Gasteiger partial charge in [-0.2, -0.15) is 5.10 Å². The number of amides is 2. The fourth-order valence-electron chi connectivity index (χ4n) is 3.57. The number of nitrogens with one attached hydrogen (secondary N) is 1. The molecule has 150 valence electrons. The number of likely N-dealkylation sites (N-methyl/N-ethyl adjacent to an activating group) is 1. The smallest absolute Gasteiger partial charge is 0.313 e. The van der Waals surface area contributed by atoms with Crippen LogP contribution in [0.1, 0.15) is 18.7 Å². The van der Waals surface area contributed by atoms with Crippen molar-refractivity contribution < 1.29 is 14.0 Å². The first-order valence-corrected chi connectivity index (χ1v) is 9.49. The molecule has 1 aromatic carbocycles. The maximum absolute atomic E-state index is 12.7. The predicted octanol–water partition coefficient (Wildman–Crippen LogP) is 1.99. The van der Waals surface area contributed by atoms with Crippen molar-refractivity contribution in [2.75, 3.05) is 30.4 Å². The number of carbonyl (C=O) groups is 2. The number of piperidine rings is 1. The molecule has 0 radical (unpaired) electrons. The summed E-state index contributed by atoms with van der Waals surface area (Å²) in [4.78, 5) is 33.0. The van der Waals surface area contributed by atoms with E-state index in [1.54, 1.807) is 38.4 Å². The van der Waals surface area contributed by atoms with Gasteiger partial charge in [-0.15, -0.1) is 5.10 Å². The summed E-state index contributed by atoms with van der Waals surface area (Å²) in [5.74, 6) is 0.0686. The normalized spacial score (nSPS) is 16.6. The number of oxazole rings is 1. The summed E-state index contributed by atoms with van der Waals surface area (Å²) in [6.45, 7) is 3.21. The summed E-state index contributed by atoms with van der Waals surface area (Å²) in [5.41, 5.74) is 1.77. The molecule has 1 fully saturated rings. The molecule has 1 atom stereocenters. The zero-order chi connectivity index (χ0) is 20.4. The van der Waals surface area contributed by atoms with Crippen LogP contribution in [0.5, 0.6) is 0 Å². The second-order valence-electron chi connectivity index (χ2n) is 7.11. The van der Waals surface area contributed by atoms with E-state index in [-0.39, 0.29) is 6.04 Å². The minimum absolute atomic E-state index is 0.0790. The van der Waals surface area contributed by atoms with Gasteiger partial charge in [0.15, 0.2) is 17.3 Å². The molecule has 1 saturated heterocycles. The highest BCUT2D eigenvalue weighted by atomic mass is 16.3. The quantitative estimate of drug-likeness (QED) is 0.678. The van der Waals surface area contributed by atoms with Crippen LogP contribution >= 0.6 is 0 Å². The molecule has 0 spiro atoms. The molecule has 2 aromatic heterocycles. The Kier molecular flexibility index (Phi) is 5.11. The monoisotopic (exact) mass is 394 g/mol. The molecule has 9 nitrogen and oxygen atoms in total. The number of aryl methyl sites for hydroxylation is 1. The van der Waals surface area contributed by atoms with E-state index in [0.29, 0.717) is 29.2 Å². The SMILES string of the molecule is Cc1nc2cc(NC(=O)C(=O)N(C)C3CCCN(c4cccnn4)C3)ccc2o1. The molecule has 1 N–H and O–H groups in total. The summed E-state index contributed by atoms with van der Waals surface area (Å²) in [5, 5.41) is 10.7. The fourth-order valence-corrected chi connectivity index (χ4v) is 3.57. The number of hydrogen-bond donors (Lipinski definition) is 1. The van der Waals surface area contributed by atoms with Crippen molar-refractivity contribution >= 4 is 34.4 Å². The van der Waals surface area contributed by atoms with Crippen molar-refractivity contribution in [2.24, 2.45) is 0 Å². The molecule has 3 heterocycles. The third kappa shape index (κ3) is 4.03. The Bertz CT molecular complexity index is 1040. The Morgan fingerprint density at radius 2 is 2.17 bits per heavy atom. The molecule has 0 saturated carbocycles. The van der Waals surface area contributed by atoms with Gasteiger partial charge in [-0.3, -0.25) is 9.59 Å². The lowest BCUT2D eigenvalue weighted by molar-refractivity contribution is -0.143. The van der Waals surface area contributed by atoms with Gasteiger partial charge in [0, 0.05) is 45.0 Å². The van der Waals surface area contributed by atoms with Crippen LogP contribution in [-0.4, -0.2) is 58.1 Å². The molecule has 1 aliphatic rings. The molecule has 9 heteroatoms. The third-order valence-corrected chi connectivity index (χ3v) is 5.09. The number of aromatic nitrogens is 3. The summed E-state index contributed by atoms with van der Waals surface area (Å²) >= 11 is 0. The number of anilines is 2. The first-order valence-electron chi connectivity index (χ1n) is 9.49. The Morgan fingerprint density at radius 3 is 2.97 bits per heavy atom. The van der Waals surface area contributed by atoms with Gasteiger partial charge >= 0.3 is 11.8 Å². The number of benzene rings is 1. The van der Waals surface area contributed by atoms with Crippen molar-refractivity contribution in [3.63, 3.8) is 0 Å². The van der Waals surface area contributed by atoms with E-state index in [9.17, 15) is 9.59 Å². The zero-order valence-corrected chi connectivity index (χ0v) is 16.3. The van der Waals surface area contributed by atoms with Gasteiger partial charge in [-0.25, -0.2) is 4.98 Å². The lowest BCUT2D eigenvalue weighted by atomic mass is 10.0. The van der Waals surface area contributed by atoms with Crippen LogP contribution in [0.2, 0.25) is 0 Å². The van der Waals surface area contributed by atoms with Gasteiger partial charge in [-0.1, -0.05) is 0 Å². The largest absolute Gasteiger partial charge is 0.441 e. The molecule has 2 amide bonds. The van der Waals surface area contributed by atoms with Gasteiger partial charge in [0.1, 0.15) is 5.52 Å². The third-order valence-electron chi connectivity index (χ3n) is 5.09. The predicted molar refractivity (Wildman–Crippen MR) is 107 cm³/mol. The van der Waals surface area contributed by atoms with E-state index in [2.05, 4.69) is 25.4 Å². The Balaban J connectivity index is 1.41. The summed E-state index contributed by atoms with van der Waals surface area (Å²) in [6.07, 6.45) is 3.36. The molecule has 1 aliphatic heterocycles. The number of fused-ring (bicyclic) bond motifs is 1. The molecular weight excluding hydrogens is 372 g/mol. The highest BCUT2D eigenvalue weighted by Gasteiger charge is 2.30. The number of nitrogens with zero attached hydrogens (tertiary/aromatic N) is 5. The van der Waals surface area contributed by atoms with Crippen LogP contribution in [0.25, 0.3) is 11.1 Å². The Hall–Kier alpha value is -3.49. The van der Waals surface area contributed by atoms with Crippen LogP contribution in [0.4, 0.5) is 11.5 Å². The van der Waals surface area contributed by atoms with Gasteiger partial charge in [-0.05, 0) is 43.2 Å². The average molecular weight is 394 g/mol. The van der Waals surface area contributed by atoms with Crippen molar-refractivity contribution in [3.05, 3.63) is 42.4 Å². The zero-order valence-electron chi connectivity index (χ0n) is 16.3. The lowest BCUT2D eigenvalue weighted by Crippen LogP contribution is -2.51. The van der Waals surface area contributed by atoms with E-state index in [1.807, 2.05) is 12.1 Å². The van der Waals surface area contributed by atoms with Crippen LogP contribution in [0.3, 0.4) is 0 Å². The topological polar surface area (TPSA) is 104 Å². The molecular formula is C20H22N6O3. The van der Waals surface area contributed by atoms with E-state index in [1.165, 1.54) is 4.90 Å². The van der Waals surface area contributed by atoms with E-state index in [0.717, 1.165) is 25.2 Å². The summed E-state index contributed by atoms with van der Waals surface area (Å²) in [6, 6.07) is 8.75. The highest BCUT2D eigenvalue weighted by Crippen LogP contribution is 2.21. The van der Waals surface area contributed by atoms with Crippen LogP contribution in [-0.2, 0) is 9.59 Å². The maximum atomic E-state index is 12.7. The standard InChI is InChI=1S/C20H22N6O3/c1-13-22-16-11-14(7-8-17(16)29-13)23-19(27)20(28)25(2)15-5-4-10-26(12-15)18-6-3-9-21-24-18/h3,6-9,11,15H,4-5,10,12H2,1-2H3,(H,23,27). The second kappa shape index (κ2) is 7.86. The van der Waals surface area contributed by atoms with Gasteiger partial charge in [0.25, 0.3) is 0 Å². The first-order chi connectivity index (χ1) is 14.0. The average Bonchev–Trinajstić information content (AvgIpc) is 3.12. The van der Waals surface area contributed by atoms with Crippen molar-refractivity contribution in [3.8, 4) is 0 Å². The number of carbonyl (C=O) groups excluding carboxylic acids is 2. The van der Waals surface area contributed by atoms with Crippen LogP contribution < -0.4 is 10.2 Å². The Labute approximate surface area is 167 Å². The molecule has 1 unspecified atom stereocenters. The molecule has 3 aromatic rings. The Morgan fingerprint density at radius 1 is 1.31 bits per heavy atom. The molecule has 29 heavy (non-hydrogen) atoms. The summed E-state index contributed by atoms with van der Waals surface area (Å²) < 4.78 is 5.43. The number of rotatable bonds is 3. The molecule has 0 bridgehead atoms. The highest BCUT2D eigenvalue weighted by molar-refractivity contribution is 6.39. The van der Waals surface area contributed by atoms with Gasteiger partial charge in [0.2, 0.25) is 0 Å². The molecule has 0 aliphatic carbocycles. The second-order valence-corrected chi connectivity index (χ2v) is 7.11. The number of hydrogen-bond acceptors (Lipinski definition) is 7. The fraction of sp³-hybridized carbons (Fsp3) is 0.350.